The number of unbranched alkanes of at least 4 members (excludes halogenated alkanes) is 1. The highest BCUT2D eigenvalue weighted by Gasteiger charge is 2.40. The quantitative estimate of drug-likeness (QED) is 0.268. The SMILES string of the molecule is CCCCN(CB(O)OC)CC(O)C(NI)C1(C)CCCC1. The van der Waals surface area contributed by atoms with Crippen LogP contribution < -0.4 is 3.53 Å². The molecule has 1 aliphatic carbocycles. The molecule has 1 saturated carbocycles. The minimum atomic E-state index is -0.794. The monoisotopic (exact) mass is 426 g/mol. The molecule has 0 radical (unpaired) electrons. The predicted octanol–water partition coefficient (Wildman–Crippen LogP) is 2.00. The molecule has 0 aliphatic heterocycles. The topological polar surface area (TPSA) is 65.0 Å². The Kier molecular flexibility index (Phi) is 9.81. The van der Waals surface area contributed by atoms with E-state index in [1.165, 1.54) is 32.8 Å². The highest BCUT2D eigenvalue weighted by molar-refractivity contribution is 14.1. The Hall–Kier alpha value is 0.595. The van der Waals surface area contributed by atoms with Crippen LogP contribution >= 0.6 is 22.9 Å². The molecule has 0 aromatic heterocycles. The van der Waals surface area contributed by atoms with Crippen molar-refractivity contribution < 1.29 is 14.8 Å². The zero-order valence-electron chi connectivity index (χ0n) is 14.2. The van der Waals surface area contributed by atoms with Crippen LogP contribution in [0.1, 0.15) is 52.4 Å². The molecule has 0 bridgehead atoms. The number of nitrogens with zero attached hydrogens (tertiary/aromatic N) is 1. The molecule has 1 fully saturated rings. The third kappa shape index (κ3) is 6.24. The molecule has 130 valence electrons. The summed E-state index contributed by atoms with van der Waals surface area (Å²) in [6.45, 7) is 5.87. The first kappa shape index (κ1) is 20.6. The van der Waals surface area contributed by atoms with E-state index >= 15 is 0 Å². The Balaban J connectivity index is 2.63. The molecule has 7 heteroatoms. The molecule has 0 spiro atoms. The Morgan fingerprint density at radius 1 is 1.41 bits per heavy atom. The van der Waals surface area contributed by atoms with E-state index in [1.807, 2.05) is 0 Å². The lowest BCUT2D eigenvalue weighted by Crippen LogP contribution is -2.52. The van der Waals surface area contributed by atoms with Gasteiger partial charge in [0.25, 0.3) is 0 Å². The van der Waals surface area contributed by atoms with Crippen LogP contribution in [0, 0.1) is 5.41 Å². The number of rotatable bonds is 11. The molecule has 0 heterocycles. The largest absolute Gasteiger partial charge is 0.469 e. The molecule has 1 rings (SSSR count). The van der Waals surface area contributed by atoms with E-state index in [0.717, 1.165) is 19.4 Å². The van der Waals surface area contributed by atoms with Gasteiger partial charge in [0.2, 0.25) is 0 Å². The van der Waals surface area contributed by atoms with Gasteiger partial charge >= 0.3 is 7.12 Å². The molecule has 2 atom stereocenters. The van der Waals surface area contributed by atoms with E-state index in [2.05, 4.69) is 45.1 Å². The number of aliphatic hydroxyl groups excluding tert-OH is 1. The summed E-state index contributed by atoms with van der Waals surface area (Å²) in [7, 11) is 0.713. The van der Waals surface area contributed by atoms with Gasteiger partial charge in [0.1, 0.15) is 0 Å². The van der Waals surface area contributed by atoms with Gasteiger partial charge in [-0.2, -0.15) is 0 Å². The van der Waals surface area contributed by atoms with Gasteiger partial charge in [-0.05, 0) is 31.2 Å². The standard InChI is InChI=1S/C15H32BIN2O3/c1-4-5-10-19(12-16(21)22-3)11-13(20)14(18-17)15(2)8-6-7-9-15/h13-14,18,20-21H,4-12H2,1-3H3. The van der Waals surface area contributed by atoms with Crippen molar-refractivity contribution in [1.29, 1.82) is 0 Å². The van der Waals surface area contributed by atoms with Gasteiger partial charge in [0.15, 0.2) is 0 Å². The van der Waals surface area contributed by atoms with E-state index in [9.17, 15) is 10.1 Å². The minimum Gasteiger partial charge on any atom is -0.426 e. The third-order valence-electron chi connectivity index (χ3n) is 4.96. The fourth-order valence-electron chi connectivity index (χ4n) is 3.47. The zero-order valence-corrected chi connectivity index (χ0v) is 16.4. The maximum absolute atomic E-state index is 10.8. The molecule has 2 unspecified atom stereocenters. The van der Waals surface area contributed by atoms with Crippen LogP contribution in [0.15, 0.2) is 0 Å². The normalized spacial score (nSPS) is 20.3. The van der Waals surface area contributed by atoms with E-state index in [1.54, 1.807) is 0 Å². The molecule has 0 aromatic rings. The molecule has 0 saturated heterocycles. The van der Waals surface area contributed by atoms with Gasteiger partial charge in [-0.25, -0.2) is 0 Å². The smallest absolute Gasteiger partial charge is 0.426 e. The van der Waals surface area contributed by atoms with Crippen LogP contribution in [0.3, 0.4) is 0 Å². The number of hydrogen-bond donors (Lipinski definition) is 3. The van der Waals surface area contributed by atoms with Crippen molar-refractivity contribution in [1.82, 2.24) is 8.43 Å². The highest BCUT2D eigenvalue weighted by Crippen LogP contribution is 2.42. The lowest BCUT2D eigenvalue weighted by Gasteiger charge is -2.38. The van der Waals surface area contributed by atoms with Crippen molar-refractivity contribution in [2.75, 3.05) is 26.6 Å². The van der Waals surface area contributed by atoms with Gasteiger partial charge in [0, 0.05) is 49.0 Å². The zero-order chi connectivity index (χ0) is 16.6. The second-order valence-electron chi connectivity index (χ2n) is 6.82. The van der Waals surface area contributed by atoms with Crippen LogP contribution in [-0.2, 0) is 4.65 Å². The first-order chi connectivity index (χ1) is 10.5. The summed E-state index contributed by atoms with van der Waals surface area (Å²) >= 11 is 2.17. The number of hydrogen-bond acceptors (Lipinski definition) is 5. The van der Waals surface area contributed by atoms with Crippen LogP contribution in [0.5, 0.6) is 0 Å². The summed E-state index contributed by atoms with van der Waals surface area (Å²) in [4.78, 5) is 2.11. The maximum atomic E-state index is 10.8. The lowest BCUT2D eigenvalue weighted by molar-refractivity contribution is 0.0439. The summed E-state index contributed by atoms with van der Waals surface area (Å²) in [5, 5.41) is 20.5. The van der Waals surface area contributed by atoms with Crippen LogP contribution in [0.2, 0.25) is 0 Å². The van der Waals surface area contributed by atoms with Crippen molar-refractivity contribution in [3.8, 4) is 0 Å². The van der Waals surface area contributed by atoms with Crippen molar-refractivity contribution in [3.63, 3.8) is 0 Å². The van der Waals surface area contributed by atoms with Crippen LogP contribution in [-0.4, -0.2) is 60.9 Å². The number of aliphatic hydroxyl groups is 1. The first-order valence-electron chi connectivity index (χ1n) is 8.44. The molecule has 5 nitrogen and oxygen atoms in total. The van der Waals surface area contributed by atoms with Gasteiger partial charge in [0.05, 0.1) is 6.10 Å². The molecule has 3 N–H and O–H groups in total. The van der Waals surface area contributed by atoms with Gasteiger partial charge in [-0.1, -0.05) is 33.1 Å². The molecular weight excluding hydrogens is 394 g/mol. The van der Waals surface area contributed by atoms with Crippen LogP contribution in [0.25, 0.3) is 0 Å². The second-order valence-corrected chi connectivity index (χ2v) is 7.44. The summed E-state index contributed by atoms with van der Waals surface area (Å²) < 4.78 is 8.28. The van der Waals surface area contributed by atoms with Gasteiger partial charge in [-0.3, -0.25) is 3.53 Å². The van der Waals surface area contributed by atoms with Crippen molar-refractivity contribution in [2.45, 2.75) is 64.5 Å². The second kappa shape index (κ2) is 10.5. The average Bonchev–Trinajstić information content (AvgIpc) is 2.92. The lowest BCUT2D eigenvalue weighted by atomic mass is 9.78. The molecule has 1 aliphatic rings. The molecular formula is C15H32BIN2O3. The Morgan fingerprint density at radius 3 is 2.55 bits per heavy atom. The summed E-state index contributed by atoms with van der Waals surface area (Å²) in [5.74, 6) is 0. The fraction of sp³-hybridized carbons (Fsp3) is 1.00. The van der Waals surface area contributed by atoms with Crippen LogP contribution in [0.4, 0.5) is 0 Å². The first-order valence-corrected chi connectivity index (χ1v) is 9.52. The summed E-state index contributed by atoms with van der Waals surface area (Å²) in [6.07, 6.45) is 6.99. The minimum absolute atomic E-state index is 0.0828. The molecule has 22 heavy (non-hydrogen) atoms. The molecule has 0 amide bonds. The predicted molar refractivity (Wildman–Crippen MR) is 99.9 cm³/mol. The highest BCUT2D eigenvalue weighted by atomic mass is 127. The van der Waals surface area contributed by atoms with Gasteiger partial charge in [-0.15, -0.1) is 0 Å². The van der Waals surface area contributed by atoms with E-state index in [0.29, 0.717) is 13.0 Å². The van der Waals surface area contributed by atoms with E-state index < -0.39 is 13.2 Å². The Morgan fingerprint density at radius 2 is 2.05 bits per heavy atom. The number of halogens is 1. The maximum Gasteiger partial charge on any atom is 0.469 e. The Labute approximate surface area is 149 Å². The van der Waals surface area contributed by atoms with Gasteiger partial charge < -0.3 is 19.7 Å². The summed E-state index contributed by atoms with van der Waals surface area (Å²) in [5.41, 5.74) is 0.164. The van der Waals surface area contributed by atoms with Crippen molar-refractivity contribution in [3.05, 3.63) is 0 Å². The van der Waals surface area contributed by atoms with Crippen molar-refractivity contribution >= 4 is 30.0 Å². The fourth-order valence-corrected chi connectivity index (χ4v) is 4.63. The number of nitrogens with one attached hydrogen (secondary N) is 1. The third-order valence-corrected chi connectivity index (χ3v) is 5.63. The average molecular weight is 426 g/mol. The molecule has 0 aromatic carbocycles. The van der Waals surface area contributed by atoms with E-state index in [-0.39, 0.29) is 11.5 Å². The van der Waals surface area contributed by atoms with E-state index in [4.69, 9.17) is 4.65 Å². The summed E-state index contributed by atoms with van der Waals surface area (Å²) in [6, 6.07) is 0.0828. The van der Waals surface area contributed by atoms with Crippen molar-refractivity contribution in [2.24, 2.45) is 5.41 Å². The Bertz CT molecular complexity index is 307.